The summed E-state index contributed by atoms with van der Waals surface area (Å²) in [6.07, 6.45) is -0.235. The number of carbonyl (C=O) groups is 4. The fourth-order valence-electron chi connectivity index (χ4n) is 1.16. The van der Waals surface area contributed by atoms with Crippen molar-refractivity contribution in [2.24, 2.45) is 5.73 Å². The van der Waals surface area contributed by atoms with Gasteiger partial charge in [-0.25, -0.2) is 0 Å². The van der Waals surface area contributed by atoms with Gasteiger partial charge in [0.25, 0.3) is 0 Å². The van der Waals surface area contributed by atoms with Crippen LogP contribution < -0.4 is 16.4 Å². The molecule has 0 aromatic carbocycles. The second kappa shape index (κ2) is 11.4. The van der Waals surface area contributed by atoms with Gasteiger partial charge in [-0.1, -0.05) is 0 Å². The number of hydrogen-bond acceptors (Lipinski definition) is 6. The van der Waals surface area contributed by atoms with Gasteiger partial charge < -0.3 is 26.6 Å². The van der Waals surface area contributed by atoms with Gasteiger partial charge in [-0.2, -0.15) is 12.6 Å². The van der Waals surface area contributed by atoms with Crippen LogP contribution in [0.15, 0.2) is 0 Å². The minimum Gasteiger partial charge on any atom is -0.480 e. The van der Waals surface area contributed by atoms with E-state index in [-0.39, 0.29) is 35.7 Å². The van der Waals surface area contributed by atoms with Crippen molar-refractivity contribution >= 4 is 36.4 Å². The van der Waals surface area contributed by atoms with Gasteiger partial charge in [0.05, 0.1) is 0 Å². The third-order valence-corrected chi connectivity index (χ3v) is 2.61. The number of nitrogens with two attached hydrogens (primary N) is 1. The van der Waals surface area contributed by atoms with E-state index in [2.05, 4.69) is 23.3 Å². The van der Waals surface area contributed by atoms with Crippen molar-refractivity contribution in [3.05, 3.63) is 0 Å². The Morgan fingerprint density at radius 1 is 1.19 bits per heavy atom. The largest absolute Gasteiger partial charge is 0.480 e. The van der Waals surface area contributed by atoms with E-state index in [1.54, 1.807) is 0 Å². The zero-order chi connectivity index (χ0) is 15.7. The summed E-state index contributed by atoms with van der Waals surface area (Å²) >= 11 is 3.87. The molecule has 0 aliphatic rings. The SMILES string of the molecule is NC(CCC(=O)NC(CS)C(=O)NCC(=O)O)C(=O)O.[Fe]. The van der Waals surface area contributed by atoms with E-state index in [9.17, 15) is 19.2 Å². The fraction of sp³-hybridized carbons (Fsp3) is 0.600. The molecule has 0 aliphatic carbocycles. The van der Waals surface area contributed by atoms with Crippen LogP contribution in [0.2, 0.25) is 0 Å². The monoisotopic (exact) mass is 363 g/mol. The van der Waals surface area contributed by atoms with Crippen LogP contribution in [0.4, 0.5) is 0 Å². The number of carboxylic acids is 2. The Balaban J connectivity index is 0. The molecule has 6 N–H and O–H groups in total. The molecule has 0 aliphatic heterocycles. The second-order valence-corrected chi connectivity index (χ2v) is 4.26. The molecule has 9 nitrogen and oxygen atoms in total. The van der Waals surface area contributed by atoms with E-state index >= 15 is 0 Å². The molecule has 2 amide bonds. The molecule has 2 unspecified atom stereocenters. The minimum absolute atomic E-state index is 0. The van der Waals surface area contributed by atoms with E-state index < -0.39 is 42.4 Å². The Hall–Kier alpha value is -1.29. The Morgan fingerprint density at radius 2 is 1.76 bits per heavy atom. The van der Waals surface area contributed by atoms with E-state index in [0.717, 1.165) is 0 Å². The zero-order valence-electron chi connectivity index (χ0n) is 10.9. The molecule has 0 saturated heterocycles. The van der Waals surface area contributed by atoms with Crippen molar-refractivity contribution in [1.29, 1.82) is 0 Å². The molecule has 0 spiro atoms. The van der Waals surface area contributed by atoms with Crippen molar-refractivity contribution in [2.75, 3.05) is 12.3 Å². The van der Waals surface area contributed by atoms with Gasteiger partial charge in [-0.05, 0) is 6.42 Å². The van der Waals surface area contributed by atoms with E-state index in [0.29, 0.717) is 0 Å². The molecular weight excluding hydrogens is 346 g/mol. The first kappa shape index (κ1) is 22.0. The smallest absolute Gasteiger partial charge is 0.322 e. The van der Waals surface area contributed by atoms with E-state index in [1.807, 2.05) is 0 Å². The molecule has 21 heavy (non-hydrogen) atoms. The normalized spacial score (nSPS) is 12.5. The third kappa shape index (κ3) is 10.1. The maximum Gasteiger partial charge on any atom is 0.322 e. The van der Waals surface area contributed by atoms with Gasteiger partial charge in [-0.15, -0.1) is 0 Å². The third-order valence-electron chi connectivity index (χ3n) is 2.25. The van der Waals surface area contributed by atoms with Gasteiger partial charge in [0.2, 0.25) is 11.8 Å². The number of carbonyl (C=O) groups excluding carboxylic acids is 2. The van der Waals surface area contributed by atoms with Crippen LogP contribution in [0.25, 0.3) is 0 Å². The Bertz CT molecular complexity index is 395. The van der Waals surface area contributed by atoms with Crippen LogP contribution in [0.3, 0.4) is 0 Å². The van der Waals surface area contributed by atoms with Crippen molar-refractivity contribution in [3.63, 3.8) is 0 Å². The van der Waals surface area contributed by atoms with Crippen LogP contribution in [0.1, 0.15) is 12.8 Å². The molecule has 2 atom stereocenters. The quantitative estimate of drug-likeness (QED) is 0.200. The zero-order valence-corrected chi connectivity index (χ0v) is 12.9. The van der Waals surface area contributed by atoms with Crippen LogP contribution in [-0.4, -0.2) is 58.3 Å². The van der Waals surface area contributed by atoms with Crippen LogP contribution in [-0.2, 0) is 36.2 Å². The fourth-order valence-corrected chi connectivity index (χ4v) is 1.41. The van der Waals surface area contributed by atoms with E-state index in [1.165, 1.54) is 0 Å². The Labute approximate surface area is 136 Å². The predicted molar refractivity (Wildman–Crippen MR) is 71.3 cm³/mol. The van der Waals surface area contributed by atoms with Crippen LogP contribution in [0.5, 0.6) is 0 Å². The summed E-state index contributed by atoms with van der Waals surface area (Å²) in [4.78, 5) is 43.7. The predicted octanol–water partition coefficient (Wildman–Crippen LogP) is -2.21. The number of aliphatic carboxylic acids is 2. The molecule has 0 heterocycles. The number of thiol groups is 1. The summed E-state index contributed by atoms with van der Waals surface area (Å²) in [5.41, 5.74) is 5.23. The summed E-state index contributed by atoms with van der Waals surface area (Å²) < 4.78 is 0. The molecule has 0 aromatic rings. The molecular formula is C10H17FeN3O6S. The molecule has 0 fully saturated rings. The molecule has 0 rings (SSSR count). The summed E-state index contributed by atoms with van der Waals surface area (Å²) in [6.45, 7) is -0.567. The van der Waals surface area contributed by atoms with Gasteiger partial charge in [-0.3, -0.25) is 19.2 Å². The summed E-state index contributed by atoms with van der Waals surface area (Å²) in [5, 5.41) is 21.4. The van der Waals surface area contributed by atoms with E-state index in [4.69, 9.17) is 15.9 Å². The first-order chi connectivity index (χ1) is 9.27. The average Bonchev–Trinajstić information content (AvgIpc) is 2.38. The molecule has 0 bridgehead atoms. The van der Waals surface area contributed by atoms with Gasteiger partial charge in [0, 0.05) is 29.2 Å². The number of hydrogen-bond donors (Lipinski definition) is 6. The second-order valence-electron chi connectivity index (χ2n) is 3.90. The molecule has 0 radical (unpaired) electrons. The number of amides is 2. The first-order valence-electron chi connectivity index (χ1n) is 5.66. The summed E-state index contributed by atoms with van der Waals surface area (Å²) in [7, 11) is 0. The van der Waals surface area contributed by atoms with Gasteiger partial charge in [0.15, 0.2) is 0 Å². The topological polar surface area (TPSA) is 159 Å². The number of nitrogens with one attached hydrogen (secondary N) is 2. The standard InChI is InChI=1S/C10H17N3O6S.Fe/c11-5(10(18)19)1-2-7(14)13-6(4-20)9(17)12-3-8(15)16;/h5-6,20H,1-4,11H2,(H,12,17)(H,13,14)(H,15,16)(H,18,19);. The molecule has 0 saturated carbocycles. The summed E-state index contributed by atoms with van der Waals surface area (Å²) in [6, 6.07) is -2.15. The van der Waals surface area contributed by atoms with Crippen molar-refractivity contribution in [3.8, 4) is 0 Å². The Kier molecular flexibility index (Phi) is 11.9. The molecule has 11 heteroatoms. The van der Waals surface area contributed by atoms with Crippen LogP contribution >= 0.6 is 12.6 Å². The van der Waals surface area contributed by atoms with Crippen molar-refractivity contribution in [2.45, 2.75) is 24.9 Å². The minimum atomic E-state index is -1.22. The maximum atomic E-state index is 11.5. The Morgan fingerprint density at radius 3 is 2.19 bits per heavy atom. The summed E-state index contributed by atoms with van der Waals surface area (Å²) in [5.74, 6) is -3.70. The molecule has 122 valence electrons. The first-order valence-corrected chi connectivity index (χ1v) is 6.29. The van der Waals surface area contributed by atoms with Gasteiger partial charge >= 0.3 is 11.9 Å². The average molecular weight is 363 g/mol. The van der Waals surface area contributed by atoms with Crippen molar-refractivity contribution < 1.29 is 46.5 Å². The van der Waals surface area contributed by atoms with Crippen LogP contribution in [0, 0.1) is 0 Å². The maximum absolute atomic E-state index is 11.5. The van der Waals surface area contributed by atoms with Crippen molar-refractivity contribution in [1.82, 2.24) is 10.6 Å². The molecule has 0 aromatic heterocycles. The number of carboxylic acid groups (broad SMARTS) is 2. The number of rotatable bonds is 9. The van der Waals surface area contributed by atoms with Gasteiger partial charge in [0.1, 0.15) is 18.6 Å².